The average molecular weight is 456 g/mol. The predicted octanol–water partition coefficient (Wildman–Crippen LogP) is 2.91. The summed E-state index contributed by atoms with van der Waals surface area (Å²) in [5, 5.41) is 14.9. The average Bonchev–Trinajstić information content (AvgIpc) is 2.89. The summed E-state index contributed by atoms with van der Waals surface area (Å²) < 4.78 is 1.96. The summed E-state index contributed by atoms with van der Waals surface area (Å²) in [5.74, 6) is 2.96. The molecule has 2 rings (SSSR count). The van der Waals surface area contributed by atoms with Crippen molar-refractivity contribution in [2.45, 2.75) is 40.2 Å². The van der Waals surface area contributed by atoms with E-state index in [1.165, 1.54) is 11.1 Å². The minimum absolute atomic E-state index is 0. The van der Waals surface area contributed by atoms with Gasteiger partial charge in [0.1, 0.15) is 12.4 Å². The van der Waals surface area contributed by atoms with E-state index < -0.39 is 0 Å². The van der Waals surface area contributed by atoms with Crippen molar-refractivity contribution in [1.29, 1.82) is 0 Å². The molecule has 0 aliphatic heterocycles. The molecular weight excluding hydrogens is 427 g/mol. The lowest BCUT2D eigenvalue weighted by atomic mass is 9.99. The molecule has 7 heteroatoms. The molecule has 0 fully saturated rings. The number of benzene rings is 1. The highest BCUT2D eigenvalue weighted by molar-refractivity contribution is 14.0. The van der Waals surface area contributed by atoms with Gasteiger partial charge in [-0.2, -0.15) is 0 Å². The Morgan fingerprint density at radius 1 is 1.24 bits per heavy atom. The third-order valence-electron chi connectivity index (χ3n) is 4.09. The van der Waals surface area contributed by atoms with Crippen LogP contribution in [0.5, 0.6) is 0 Å². The molecule has 0 aliphatic rings. The van der Waals surface area contributed by atoms with Crippen molar-refractivity contribution in [3.8, 4) is 0 Å². The van der Waals surface area contributed by atoms with Crippen LogP contribution in [0.4, 0.5) is 0 Å². The molecule has 1 heterocycles. The zero-order valence-electron chi connectivity index (χ0n) is 15.7. The molecule has 2 N–H and O–H groups in total. The first-order valence-corrected chi connectivity index (χ1v) is 8.44. The van der Waals surface area contributed by atoms with Crippen molar-refractivity contribution in [1.82, 2.24) is 25.4 Å². The fraction of sp³-hybridized carbons (Fsp3) is 0.500. The molecular formula is C18H29IN6. The van der Waals surface area contributed by atoms with E-state index in [0.29, 0.717) is 12.5 Å². The van der Waals surface area contributed by atoms with Crippen LogP contribution in [0.3, 0.4) is 0 Å². The van der Waals surface area contributed by atoms with Gasteiger partial charge >= 0.3 is 0 Å². The number of aliphatic imine (C=N–C) groups is 1. The van der Waals surface area contributed by atoms with Gasteiger partial charge in [-0.25, -0.2) is 4.99 Å². The zero-order valence-corrected chi connectivity index (χ0v) is 18.0. The Bertz CT molecular complexity index is 695. The Kier molecular flexibility index (Phi) is 8.88. The molecule has 0 spiro atoms. The van der Waals surface area contributed by atoms with Gasteiger partial charge in [0.05, 0.1) is 0 Å². The summed E-state index contributed by atoms with van der Waals surface area (Å²) in [6.45, 7) is 10.5. The topological polar surface area (TPSA) is 67.1 Å². The Hall–Kier alpha value is -1.64. The molecule has 1 unspecified atom stereocenters. The van der Waals surface area contributed by atoms with Crippen LogP contribution in [-0.4, -0.2) is 33.8 Å². The lowest BCUT2D eigenvalue weighted by Crippen LogP contribution is -2.39. The van der Waals surface area contributed by atoms with E-state index in [2.05, 4.69) is 70.9 Å². The van der Waals surface area contributed by atoms with E-state index in [1.807, 2.05) is 18.5 Å². The summed E-state index contributed by atoms with van der Waals surface area (Å²) in [7, 11) is 1.96. The molecule has 0 amide bonds. The number of aryl methyl sites for hydroxylation is 2. The maximum absolute atomic E-state index is 4.61. The van der Waals surface area contributed by atoms with Crippen LogP contribution in [0.15, 0.2) is 29.3 Å². The van der Waals surface area contributed by atoms with E-state index in [4.69, 9.17) is 0 Å². The van der Waals surface area contributed by atoms with Crippen LogP contribution < -0.4 is 10.6 Å². The van der Waals surface area contributed by atoms with E-state index in [0.717, 1.165) is 30.7 Å². The van der Waals surface area contributed by atoms with Gasteiger partial charge in [-0.05, 0) is 32.3 Å². The summed E-state index contributed by atoms with van der Waals surface area (Å²) in [5.41, 5.74) is 2.62. The van der Waals surface area contributed by atoms with Gasteiger partial charge < -0.3 is 15.2 Å². The van der Waals surface area contributed by atoms with Crippen LogP contribution in [0.25, 0.3) is 0 Å². The zero-order chi connectivity index (χ0) is 17.5. The molecule has 1 aromatic carbocycles. The lowest BCUT2D eigenvalue weighted by Gasteiger charge is -2.16. The normalized spacial score (nSPS) is 12.4. The third kappa shape index (κ3) is 6.30. The SMILES string of the molecule is CCNC(=NCc1nnc(C)n1C)NCC(C)c1cccc(C)c1.I. The number of nitrogens with one attached hydrogen (secondary N) is 2. The lowest BCUT2D eigenvalue weighted by molar-refractivity contribution is 0.694. The van der Waals surface area contributed by atoms with Gasteiger partial charge in [0.2, 0.25) is 0 Å². The number of halogens is 1. The highest BCUT2D eigenvalue weighted by atomic mass is 127. The number of nitrogens with zero attached hydrogens (tertiary/aromatic N) is 4. The van der Waals surface area contributed by atoms with Crippen molar-refractivity contribution in [2.75, 3.05) is 13.1 Å². The van der Waals surface area contributed by atoms with Crippen molar-refractivity contribution < 1.29 is 0 Å². The molecule has 6 nitrogen and oxygen atoms in total. The van der Waals surface area contributed by atoms with E-state index in [1.54, 1.807) is 0 Å². The van der Waals surface area contributed by atoms with Crippen molar-refractivity contribution >= 4 is 29.9 Å². The first-order chi connectivity index (χ1) is 11.5. The molecule has 1 aromatic heterocycles. The third-order valence-corrected chi connectivity index (χ3v) is 4.09. The van der Waals surface area contributed by atoms with Crippen molar-refractivity contribution in [3.63, 3.8) is 0 Å². The van der Waals surface area contributed by atoms with Gasteiger partial charge in [0.15, 0.2) is 11.8 Å². The largest absolute Gasteiger partial charge is 0.357 e. The summed E-state index contributed by atoms with van der Waals surface area (Å²) >= 11 is 0. The van der Waals surface area contributed by atoms with Crippen LogP contribution in [0, 0.1) is 13.8 Å². The van der Waals surface area contributed by atoms with Gasteiger partial charge in [-0.1, -0.05) is 36.8 Å². The number of hydrogen-bond acceptors (Lipinski definition) is 3. The van der Waals surface area contributed by atoms with E-state index in [9.17, 15) is 0 Å². The summed E-state index contributed by atoms with van der Waals surface area (Å²) in [4.78, 5) is 4.61. The van der Waals surface area contributed by atoms with Crippen molar-refractivity contribution in [3.05, 3.63) is 47.0 Å². The number of rotatable bonds is 6. The molecule has 0 bridgehead atoms. The highest BCUT2D eigenvalue weighted by Gasteiger charge is 2.08. The first-order valence-electron chi connectivity index (χ1n) is 8.44. The maximum atomic E-state index is 4.61. The van der Waals surface area contributed by atoms with Crippen LogP contribution in [0.2, 0.25) is 0 Å². The number of aromatic nitrogens is 3. The standard InChI is InChI=1S/C18H28N6.HI/c1-6-19-18(21-12-17-23-22-15(4)24(17)5)20-11-14(3)16-9-7-8-13(2)10-16;/h7-10,14H,6,11-12H2,1-5H3,(H2,19,20,21);1H. The Morgan fingerprint density at radius 3 is 2.60 bits per heavy atom. The molecule has 1 atom stereocenters. The molecule has 2 aromatic rings. The first kappa shape index (κ1) is 21.4. The monoisotopic (exact) mass is 456 g/mol. The Labute approximate surface area is 167 Å². The van der Waals surface area contributed by atoms with Gasteiger partial charge in [0, 0.05) is 20.1 Å². The summed E-state index contributed by atoms with van der Waals surface area (Å²) in [6.07, 6.45) is 0. The molecule has 0 saturated heterocycles. The van der Waals surface area contributed by atoms with Crippen LogP contribution in [0.1, 0.15) is 42.5 Å². The number of hydrogen-bond donors (Lipinski definition) is 2. The Morgan fingerprint density at radius 2 is 2.00 bits per heavy atom. The van der Waals surface area contributed by atoms with Crippen LogP contribution >= 0.6 is 24.0 Å². The minimum atomic E-state index is 0. The second-order valence-electron chi connectivity index (χ2n) is 6.11. The van der Waals surface area contributed by atoms with E-state index in [-0.39, 0.29) is 24.0 Å². The minimum Gasteiger partial charge on any atom is -0.357 e. The Balaban J connectivity index is 0.00000312. The van der Waals surface area contributed by atoms with Gasteiger partial charge in [0.25, 0.3) is 0 Å². The van der Waals surface area contributed by atoms with Crippen LogP contribution in [-0.2, 0) is 13.6 Å². The van der Waals surface area contributed by atoms with Gasteiger partial charge in [-0.3, -0.25) is 0 Å². The fourth-order valence-electron chi connectivity index (χ4n) is 2.42. The molecule has 25 heavy (non-hydrogen) atoms. The second-order valence-corrected chi connectivity index (χ2v) is 6.11. The molecule has 0 radical (unpaired) electrons. The van der Waals surface area contributed by atoms with Crippen molar-refractivity contribution in [2.24, 2.45) is 12.0 Å². The quantitative estimate of drug-likeness (QED) is 0.399. The highest BCUT2D eigenvalue weighted by Crippen LogP contribution is 2.15. The smallest absolute Gasteiger partial charge is 0.191 e. The fourth-order valence-corrected chi connectivity index (χ4v) is 2.42. The molecule has 0 aliphatic carbocycles. The summed E-state index contributed by atoms with van der Waals surface area (Å²) in [6, 6.07) is 8.64. The number of guanidine groups is 1. The van der Waals surface area contributed by atoms with Gasteiger partial charge in [-0.15, -0.1) is 34.2 Å². The predicted molar refractivity (Wildman–Crippen MR) is 114 cm³/mol. The molecule has 138 valence electrons. The van der Waals surface area contributed by atoms with E-state index >= 15 is 0 Å². The maximum Gasteiger partial charge on any atom is 0.191 e. The second kappa shape index (κ2) is 10.4. The molecule has 0 saturated carbocycles.